The van der Waals surface area contributed by atoms with Crippen molar-refractivity contribution in [3.05, 3.63) is 36.4 Å². The van der Waals surface area contributed by atoms with Gasteiger partial charge < -0.3 is 4.42 Å². The molecule has 0 fully saturated rings. The van der Waals surface area contributed by atoms with Crippen LogP contribution in [0.4, 0.5) is 4.39 Å². The first-order valence-corrected chi connectivity index (χ1v) is 3.77. The summed E-state index contributed by atoms with van der Waals surface area (Å²) in [5.74, 6) is -0.370. The van der Waals surface area contributed by atoms with E-state index < -0.39 is 5.82 Å². The average Bonchev–Trinajstić information content (AvgIpc) is 2.67. The molecule has 5 heteroatoms. The van der Waals surface area contributed by atoms with E-state index in [1.807, 2.05) is 0 Å². The Balaban J connectivity index is 2.51. The summed E-state index contributed by atoms with van der Waals surface area (Å²) in [5, 5.41) is 8.45. The smallest absolute Gasteiger partial charge is 0.301 e. The molecule has 0 aliphatic carbocycles. The van der Waals surface area contributed by atoms with Crippen LogP contribution in [-0.2, 0) is 0 Å². The lowest BCUT2D eigenvalue weighted by atomic mass is 10.2. The fraction of sp³-hybridized carbons (Fsp3) is 0. The van der Waals surface area contributed by atoms with E-state index in [0.717, 1.165) is 6.20 Å². The number of hydrogen-bond acceptors (Lipinski definition) is 4. The van der Waals surface area contributed by atoms with E-state index in [9.17, 15) is 4.39 Å². The Morgan fingerprint density at radius 3 is 2.93 bits per heavy atom. The quantitative estimate of drug-likeness (QED) is 0.685. The maximum absolute atomic E-state index is 13.2. The van der Waals surface area contributed by atoms with Gasteiger partial charge in [-0.15, -0.1) is 0 Å². The highest BCUT2D eigenvalue weighted by molar-refractivity contribution is 5.56. The minimum atomic E-state index is -0.506. The van der Waals surface area contributed by atoms with Gasteiger partial charge in [-0.25, -0.2) is 9.37 Å². The fourth-order valence-electron chi connectivity index (χ4n) is 1.03. The third-order valence-electron chi connectivity index (χ3n) is 1.64. The van der Waals surface area contributed by atoms with Gasteiger partial charge in [-0.1, -0.05) is 0 Å². The number of pyridine rings is 1. The van der Waals surface area contributed by atoms with Crippen molar-refractivity contribution in [1.29, 1.82) is 5.26 Å². The van der Waals surface area contributed by atoms with Crippen molar-refractivity contribution >= 4 is 0 Å². The second-order valence-electron chi connectivity index (χ2n) is 2.50. The van der Waals surface area contributed by atoms with Gasteiger partial charge in [0.05, 0.1) is 18.0 Å². The van der Waals surface area contributed by atoms with Crippen LogP contribution < -0.4 is 0 Å². The Morgan fingerprint density at radius 1 is 1.43 bits per heavy atom. The highest BCUT2D eigenvalue weighted by Gasteiger charge is 2.09. The third kappa shape index (κ3) is 1.33. The molecule has 4 nitrogen and oxygen atoms in total. The number of nitrogens with zero attached hydrogens (tertiary/aromatic N) is 3. The van der Waals surface area contributed by atoms with Crippen molar-refractivity contribution < 1.29 is 8.81 Å². The highest BCUT2D eigenvalue weighted by Crippen LogP contribution is 2.21. The van der Waals surface area contributed by atoms with Gasteiger partial charge in [0, 0.05) is 6.20 Å². The van der Waals surface area contributed by atoms with E-state index in [0.29, 0.717) is 0 Å². The summed E-state index contributed by atoms with van der Waals surface area (Å²) in [6.45, 7) is 0. The van der Waals surface area contributed by atoms with Crippen molar-refractivity contribution in [3.63, 3.8) is 0 Å². The molecule has 0 aromatic carbocycles. The molecule has 0 amide bonds. The molecule has 0 saturated carbocycles. The lowest BCUT2D eigenvalue weighted by molar-refractivity contribution is 0.546. The second kappa shape index (κ2) is 3.26. The van der Waals surface area contributed by atoms with E-state index in [4.69, 9.17) is 9.68 Å². The van der Waals surface area contributed by atoms with Crippen LogP contribution in [0, 0.1) is 17.1 Å². The van der Waals surface area contributed by atoms with Crippen molar-refractivity contribution in [1.82, 2.24) is 9.97 Å². The van der Waals surface area contributed by atoms with E-state index in [1.165, 1.54) is 18.5 Å². The first kappa shape index (κ1) is 8.38. The molecule has 14 heavy (non-hydrogen) atoms. The number of nitriles is 1. The third-order valence-corrected chi connectivity index (χ3v) is 1.64. The van der Waals surface area contributed by atoms with Crippen LogP contribution in [0.3, 0.4) is 0 Å². The predicted octanol–water partition coefficient (Wildman–Crippen LogP) is 1.75. The van der Waals surface area contributed by atoms with Crippen LogP contribution in [0.25, 0.3) is 11.3 Å². The number of oxazole rings is 1. The monoisotopic (exact) mass is 189 g/mol. The summed E-state index contributed by atoms with van der Waals surface area (Å²) < 4.78 is 18.1. The summed E-state index contributed by atoms with van der Waals surface area (Å²) >= 11 is 0. The van der Waals surface area contributed by atoms with Crippen molar-refractivity contribution in [2.75, 3.05) is 0 Å². The summed E-state index contributed by atoms with van der Waals surface area (Å²) in [5.41, 5.74) is 0.244. The number of aromatic nitrogens is 2. The number of rotatable bonds is 1. The molecule has 68 valence electrons. The van der Waals surface area contributed by atoms with Gasteiger partial charge in [0.1, 0.15) is 0 Å². The molecule has 2 heterocycles. The van der Waals surface area contributed by atoms with E-state index in [2.05, 4.69) is 9.97 Å². The maximum atomic E-state index is 13.2. The molecule has 2 aromatic heterocycles. The molecule has 2 aromatic rings. The van der Waals surface area contributed by atoms with Gasteiger partial charge in [0.15, 0.2) is 17.6 Å². The lowest BCUT2D eigenvalue weighted by Gasteiger charge is -1.95. The van der Waals surface area contributed by atoms with E-state index >= 15 is 0 Å². The average molecular weight is 189 g/mol. The first-order chi connectivity index (χ1) is 6.81. The summed E-state index contributed by atoms with van der Waals surface area (Å²) in [6.07, 6.45) is 3.81. The van der Waals surface area contributed by atoms with E-state index in [-0.39, 0.29) is 17.2 Å². The summed E-state index contributed by atoms with van der Waals surface area (Å²) in [4.78, 5) is 7.23. The summed E-state index contributed by atoms with van der Waals surface area (Å²) in [7, 11) is 0. The zero-order valence-corrected chi connectivity index (χ0v) is 6.94. The van der Waals surface area contributed by atoms with Gasteiger partial charge >= 0.3 is 5.89 Å². The van der Waals surface area contributed by atoms with Crippen molar-refractivity contribution in [2.45, 2.75) is 0 Å². The molecule has 0 aliphatic heterocycles. The maximum Gasteiger partial charge on any atom is 0.301 e. The van der Waals surface area contributed by atoms with Crippen LogP contribution in [0.5, 0.6) is 0 Å². The molecule has 0 atom stereocenters. The molecule has 0 spiro atoms. The molecule has 0 aliphatic rings. The first-order valence-electron chi connectivity index (χ1n) is 3.77. The lowest BCUT2D eigenvalue weighted by Crippen LogP contribution is -1.82. The fourth-order valence-corrected chi connectivity index (χ4v) is 1.03. The standard InChI is InChI=1S/C9H4FN3O/c10-7-4-12-2-1-6(7)8-5-13-9(3-11)14-8/h1-2,4-5H. The Kier molecular flexibility index (Phi) is 1.95. The Labute approximate surface area is 78.6 Å². The van der Waals surface area contributed by atoms with Crippen LogP contribution in [0.1, 0.15) is 5.89 Å². The van der Waals surface area contributed by atoms with Gasteiger partial charge in [-0.2, -0.15) is 5.26 Å². The largest absolute Gasteiger partial charge is 0.428 e. The van der Waals surface area contributed by atoms with Crippen molar-refractivity contribution in [3.8, 4) is 17.4 Å². The molecular weight excluding hydrogens is 185 g/mol. The zero-order valence-electron chi connectivity index (χ0n) is 6.94. The van der Waals surface area contributed by atoms with Crippen molar-refractivity contribution in [2.24, 2.45) is 0 Å². The molecule has 0 bridgehead atoms. The van der Waals surface area contributed by atoms with Gasteiger partial charge in [-0.05, 0) is 6.07 Å². The van der Waals surface area contributed by atoms with Crippen LogP contribution >= 0.6 is 0 Å². The second-order valence-corrected chi connectivity index (χ2v) is 2.50. The topological polar surface area (TPSA) is 62.7 Å². The van der Waals surface area contributed by atoms with Gasteiger partial charge in [0.2, 0.25) is 0 Å². The molecular formula is C9H4FN3O. The predicted molar refractivity (Wildman–Crippen MR) is 44.4 cm³/mol. The van der Waals surface area contributed by atoms with Gasteiger partial charge in [0.25, 0.3) is 0 Å². The molecule has 0 saturated heterocycles. The molecule has 0 unspecified atom stereocenters. The zero-order chi connectivity index (χ0) is 9.97. The summed E-state index contributed by atoms with van der Waals surface area (Å²) in [6, 6.07) is 3.18. The SMILES string of the molecule is N#Cc1ncc(-c2ccncc2F)o1. The van der Waals surface area contributed by atoms with Crippen LogP contribution in [0.2, 0.25) is 0 Å². The Bertz CT molecular complexity index is 501. The van der Waals surface area contributed by atoms with Gasteiger partial charge in [-0.3, -0.25) is 4.98 Å². The van der Waals surface area contributed by atoms with Crippen LogP contribution in [0.15, 0.2) is 29.1 Å². The Morgan fingerprint density at radius 2 is 2.29 bits per heavy atom. The molecule has 2 rings (SSSR count). The normalized spacial score (nSPS) is 9.71. The number of hydrogen-bond donors (Lipinski definition) is 0. The highest BCUT2D eigenvalue weighted by atomic mass is 19.1. The molecule has 0 N–H and O–H groups in total. The minimum Gasteiger partial charge on any atom is -0.428 e. The Hall–Kier alpha value is -2.22. The van der Waals surface area contributed by atoms with E-state index in [1.54, 1.807) is 6.07 Å². The molecule has 0 radical (unpaired) electrons. The minimum absolute atomic E-state index is 0.0868. The van der Waals surface area contributed by atoms with Crippen LogP contribution in [-0.4, -0.2) is 9.97 Å². The number of halogens is 1.